The predicted molar refractivity (Wildman–Crippen MR) is 109 cm³/mol. The van der Waals surface area contributed by atoms with Gasteiger partial charge >= 0.3 is 5.97 Å². The minimum atomic E-state index is -1.08. The van der Waals surface area contributed by atoms with E-state index in [1.165, 1.54) is 19.3 Å². The van der Waals surface area contributed by atoms with Gasteiger partial charge in [-0.3, -0.25) is 4.79 Å². The molecule has 2 aromatic carbocycles. The number of carbonyl (C=O) groups excluding carboxylic acids is 2. The van der Waals surface area contributed by atoms with Gasteiger partial charge in [-0.2, -0.15) is 0 Å². The van der Waals surface area contributed by atoms with E-state index < -0.39 is 29.1 Å². The molecule has 30 heavy (non-hydrogen) atoms. The van der Waals surface area contributed by atoms with Gasteiger partial charge in [0.15, 0.2) is 11.5 Å². The number of rotatable bonds is 8. The number of ether oxygens (including phenoxy) is 3. The van der Waals surface area contributed by atoms with Crippen molar-refractivity contribution in [3.63, 3.8) is 0 Å². The molecule has 0 unspecified atom stereocenters. The van der Waals surface area contributed by atoms with Gasteiger partial charge in [-0.25, -0.2) is 13.6 Å². The normalized spacial score (nSPS) is 10.9. The minimum absolute atomic E-state index is 0.346. The molecule has 0 saturated carbocycles. The molecule has 1 amide bonds. The summed E-state index contributed by atoms with van der Waals surface area (Å²) in [5.74, 6) is -2.32. The van der Waals surface area contributed by atoms with E-state index in [1.54, 1.807) is 18.2 Å². The zero-order valence-electron chi connectivity index (χ0n) is 17.1. The van der Waals surface area contributed by atoms with Crippen LogP contribution in [0.4, 0.5) is 14.5 Å². The van der Waals surface area contributed by atoms with Crippen molar-refractivity contribution >= 4 is 23.6 Å². The highest BCUT2D eigenvalue weighted by Crippen LogP contribution is 2.29. The van der Waals surface area contributed by atoms with Gasteiger partial charge in [0, 0.05) is 12.1 Å². The summed E-state index contributed by atoms with van der Waals surface area (Å²) < 4.78 is 43.0. The molecule has 0 saturated heterocycles. The van der Waals surface area contributed by atoms with Crippen LogP contribution in [0.5, 0.6) is 11.5 Å². The van der Waals surface area contributed by atoms with Gasteiger partial charge in [0.05, 0.1) is 32.1 Å². The number of halogens is 2. The third-order valence-electron chi connectivity index (χ3n) is 3.91. The van der Waals surface area contributed by atoms with E-state index in [9.17, 15) is 18.4 Å². The van der Waals surface area contributed by atoms with Crippen LogP contribution in [0.3, 0.4) is 0 Å². The number of benzene rings is 2. The molecule has 0 aliphatic heterocycles. The van der Waals surface area contributed by atoms with E-state index in [1.807, 2.05) is 13.8 Å². The van der Waals surface area contributed by atoms with Crippen LogP contribution in [0.25, 0.3) is 6.08 Å². The standard InChI is InChI=1S/C22H23F2NO5/c1-13(2)12-30-19-7-5-14(9-20(19)28-3)6-8-21(26)25-18-10-15(22(27)29-4)16(23)11-17(18)24/h5-11,13H,12H2,1-4H3,(H,25,26)/b8-6+. The summed E-state index contributed by atoms with van der Waals surface area (Å²) in [6, 6.07) is 6.53. The predicted octanol–water partition coefficient (Wildman–Crippen LogP) is 4.45. The van der Waals surface area contributed by atoms with Crippen LogP contribution in [0.2, 0.25) is 0 Å². The minimum Gasteiger partial charge on any atom is -0.493 e. The second-order valence-electron chi connectivity index (χ2n) is 6.74. The van der Waals surface area contributed by atoms with E-state index in [0.717, 1.165) is 13.2 Å². The molecular weight excluding hydrogens is 396 g/mol. The number of nitrogens with one attached hydrogen (secondary N) is 1. The molecule has 0 fully saturated rings. The summed E-state index contributed by atoms with van der Waals surface area (Å²) in [6.45, 7) is 4.59. The molecule has 0 aliphatic rings. The molecule has 0 spiro atoms. The van der Waals surface area contributed by atoms with Crippen molar-refractivity contribution in [1.29, 1.82) is 0 Å². The van der Waals surface area contributed by atoms with Crippen LogP contribution < -0.4 is 14.8 Å². The molecule has 0 heterocycles. The summed E-state index contributed by atoms with van der Waals surface area (Å²) in [7, 11) is 2.58. The molecule has 6 nitrogen and oxygen atoms in total. The van der Waals surface area contributed by atoms with Gasteiger partial charge < -0.3 is 19.5 Å². The van der Waals surface area contributed by atoms with Crippen molar-refractivity contribution in [1.82, 2.24) is 0 Å². The highest BCUT2D eigenvalue weighted by Gasteiger charge is 2.17. The largest absolute Gasteiger partial charge is 0.493 e. The maximum absolute atomic E-state index is 13.9. The topological polar surface area (TPSA) is 73.9 Å². The van der Waals surface area contributed by atoms with Crippen molar-refractivity contribution in [3.8, 4) is 11.5 Å². The van der Waals surface area contributed by atoms with E-state index in [-0.39, 0.29) is 5.69 Å². The van der Waals surface area contributed by atoms with Crippen LogP contribution in [0.1, 0.15) is 29.8 Å². The molecule has 2 aromatic rings. The zero-order valence-corrected chi connectivity index (χ0v) is 17.1. The highest BCUT2D eigenvalue weighted by atomic mass is 19.1. The summed E-state index contributed by atoms with van der Waals surface area (Å²) in [6.07, 6.45) is 2.66. The summed E-state index contributed by atoms with van der Waals surface area (Å²) >= 11 is 0. The Balaban J connectivity index is 2.14. The summed E-state index contributed by atoms with van der Waals surface area (Å²) in [4.78, 5) is 23.7. The van der Waals surface area contributed by atoms with Crippen molar-refractivity contribution < 1.29 is 32.6 Å². The third kappa shape index (κ3) is 6.04. The first-order chi connectivity index (χ1) is 14.2. The smallest absolute Gasteiger partial charge is 0.340 e. The number of hydrogen-bond acceptors (Lipinski definition) is 5. The number of amides is 1. The van der Waals surface area contributed by atoms with Gasteiger partial charge in [0.2, 0.25) is 5.91 Å². The molecule has 0 aliphatic carbocycles. The number of hydrogen-bond donors (Lipinski definition) is 1. The molecule has 160 valence electrons. The molecule has 0 atom stereocenters. The molecule has 8 heteroatoms. The number of esters is 1. The Morgan fingerprint density at radius 3 is 2.43 bits per heavy atom. The Morgan fingerprint density at radius 1 is 1.07 bits per heavy atom. The third-order valence-corrected chi connectivity index (χ3v) is 3.91. The van der Waals surface area contributed by atoms with Crippen LogP contribution >= 0.6 is 0 Å². The van der Waals surface area contributed by atoms with Crippen LogP contribution in [-0.2, 0) is 9.53 Å². The first-order valence-electron chi connectivity index (χ1n) is 9.12. The lowest BCUT2D eigenvalue weighted by Crippen LogP contribution is -2.12. The van der Waals surface area contributed by atoms with Crippen LogP contribution in [-0.4, -0.2) is 32.7 Å². The fourth-order valence-electron chi connectivity index (χ4n) is 2.42. The molecule has 2 rings (SSSR count). The van der Waals surface area contributed by atoms with Gasteiger partial charge in [-0.1, -0.05) is 19.9 Å². The first-order valence-corrected chi connectivity index (χ1v) is 9.12. The van der Waals surface area contributed by atoms with Gasteiger partial charge in [0.1, 0.15) is 11.6 Å². The lowest BCUT2D eigenvalue weighted by molar-refractivity contribution is -0.111. The fourth-order valence-corrected chi connectivity index (χ4v) is 2.42. The first kappa shape index (κ1) is 22.9. The average Bonchev–Trinajstić information content (AvgIpc) is 2.72. The Morgan fingerprint density at radius 2 is 1.80 bits per heavy atom. The number of methoxy groups -OCH3 is 2. The van der Waals surface area contributed by atoms with Gasteiger partial charge in [-0.05, 0) is 35.8 Å². The molecule has 0 aromatic heterocycles. The van der Waals surface area contributed by atoms with Crippen LogP contribution in [0, 0.1) is 17.6 Å². The maximum atomic E-state index is 13.9. The monoisotopic (exact) mass is 419 g/mol. The van der Waals surface area contributed by atoms with Crippen molar-refractivity contribution in [2.45, 2.75) is 13.8 Å². The van der Waals surface area contributed by atoms with Crippen LogP contribution in [0.15, 0.2) is 36.4 Å². The van der Waals surface area contributed by atoms with E-state index in [0.29, 0.717) is 35.7 Å². The lowest BCUT2D eigenvalue weighted by atomic mass is 10.1. The molecular formula is C22H23F2NO5. The average molecular weight is 419 g/mol. The lowest BCUT2D eigenvalue weighted by Gasteiger charge is -2.12. The van der Waals surface area contributed by atoms with Crippen molar-refractivity contribution in [3.05, 3.63) is 59.2 Å². The number of anilines is 1. The second-order valence-corrected chi connectivity index (χ2v) is 6.74. The summed E-state index contributed by atoms with van der Waals surface area (Å²) in [5.41, 5.74) is -0.185. The summed E-state index contributed by atoms with van der Waals surface area (Å²) in [5, 5.41) is 2.27. The van der Waals surface area contributed by atoms with Crippen molar-refractivity contribution in [2.75, 3.05) is 26.1 Å². The van der Waals surface area contributed by atoms with E-state index in [4.69, 9.17) is 9.47 Å². The Labute approximate surface area is 173 Å². The molecule has 0 bridgehead atoms. The highest BCUT2D eigenvalue weighted by molar-refractivity contribution is 6.02. The molecule has 0 radical (unpaired) electrons. The van der Waals surface area contributed by atoms with Gasteiger partial charge in [0.25, 0.3) is 0 Å². The Hall–Kier alpha value is -3.42. The quantitative estimate of drug-likeness (QED) is 0.506. The second kappa shape index (κ2) is 10.4. The van der Waals surface area contributed by atoms with Crippen molar-refractivity contribution in [2.24, 2.45) is 5.92 Å². The zero-order chi connectivity index (χ0) is 22.3. The number of carbonyl (C=O) groups is 2. The van der Waals surface area contributed by atoms with E-state index >= 15 is 0 Å². The maximum Gasteiger partial charge on any atom is 0.340 e. The molecule has 1 N–H and O–H groups in total. The SMILES string of the molecule is COC(=O)c1cc(NC(=O)/C=C/c2ccc(OCC(C)C)c(OC)c2)c(F)cc1F. The Kier molecular flexibility index (Phi) is 7.91. The van der Waals surface area contributed by atoms with E-state index in [2.05, 4.69) is 10.1 Å². The van der Waals surface area contributed by atoms with Gasteiger partial charge in [-0.15, -0.1) is 0 Å². The fraction of sp³-hybridized carbons (Fsp3) is 0.273. The Bertz CT molecular complexity index is 957.